The lowest BCUT2D eigenvalue weighted by Gasteiger charge is -2.29. The van der Waals surface area contributed by atoms with E-state index in [9.17, 15) is 0 Å². The van der Waals surface area contributed by atoms with E-state index in [2.05, 4.69) is 48.9 Å². The molecule has 1 aliphatic rings. The largest absolute Gasteiger partial charge is 0.383 e. The van der Waals surface area contributed by atoms with Crippen LogP contribution in [0.25, 0.3) is 11.3 Å². The van der Waals surface area contributed by atoms with Crippen molar-refractivity contribution in [1.29, 1.82) is 0 Å². The van der Waals surface area contributed by atoms with Crippen molar-refractivity contribution in [3.8, 4) is 11.3 Å². The zero-order chi connectivity index (χ0) is 12.9. The summed E-state index contributed by atoms with van der Waals surface area (Å²) in [5, 5.41) is 0. The lowest BCUT2D eigenvalue weighted by molar-refractivity contribution is 0.363. The number of nitrogen functional groups attached to an aromatic ring is 1. The molecule has 2 aromatic rings. The molecule has 0 spiro atoms. The summed E-state index contributed by atoms with van der Waals surface area (Å²) in [5.41, 5.74) is 10.8. The van der Waals surface area contributed by atoms with Gasteiger partial charge in [0.15, 0.2) is 0 Å². The SMILES string of the molecule is CC(C)(C)C1c2ccccc2-c2ncnc(N)c21. The average molecular weight is 239 g/mol. The molecule has 3 heteroatoms. The molecular weight excluding hydrogens is 222 g/mol. The van der Waals surface area contributed by atoms with E-state index in [-0.39, 0.29) is 11.3 Å². The van der Waals surface area contributed by atoms with E-state index >= 15 is 0 Å². The summed E-state index contributed by atoms with van der Waals surface area (Å²) in [4.78, 5) is 8.60. The molecule has 0 aliphatic heterocycles. The molecule has 1 atom stereocenters. The van der Waals surface area contributed by atoms with Crippen molar-refractivity contribution in [3.05, 3.63) is 41.7 Å². The Morgan fingerprint density at radius 1 is 1.11 bits per heavy atom. The van der Waals surface area contributed by atoms with Gasteiger partial charge in [-0.3, -0.25) is 0 Å². The molecule has 1 aromatic heterocycles. The highest BCUT2D eigenvalue weighted by Gasteiger charge is 2.39. The van der Waals surface area contributed by atoms with Gasteiger partial charge in [0.25, 0.3) is 0 Å². The van der Waals surface area contributed by atoms with Crippen LogP contribution in [0.1, 0.15) is 37.8 Å². The zero-order valence-electron chi connectivity index (χ0n) is 10.9. The van der Waals surface area contributed by atoms with Crippen LogP contribution in [0.3, 0.4) is 0 Å². The Balaban J connectivity index is 2.36. The van der Waals surface area contributed by atoms with E-state index < -0.39 is 0 Å². The van der Waals surface area contributed by atoms with E-state index in [1.807, 2.05) is 6.07 Å². The van der Waals surface area contributed by atoms with E-state index in [4.69, 9.17) is 5.73 Å². The number of nitrogens with two attached hydrogens (primary N) is 1. The lowest BCUT2D eigenvalue weighted by Crippen LogP contribution is -2.19. The predicted octanol–water partition coefficient (Wildman–Crippen LogP) is 3.22. The van der Waals surface area contributed by atoms with Gasteiger partial charge in [0.1, 0.15) is 12.1 Å². The Hall–Kier alpha value is -1.90. The molecule has 1 unspecified atom stereocenters. The third kappa shape index (κ3) is 1.43. The fourth-order valence-electron chi connectivity index (χ4n) is 2.93. The molecule has 18 heavy (non-hydrogen) atoms. The second-order valence-corrected chi connectivity index (χ2v) is 5.91. The standard InChI is InChI=1S/C15H17N3/c1-15(2,3)12-9-6-4-5-7-10(9)13-11(12)14(16)18-8-17-13/h4-8,12H,1-3H3,(H2,16,17,18). The predicted molar refractivity (Wildman–Crippen MR) is 73.2 cm³/mol. The first-order chi connectivity index (χ1) is 8.50. The molecule has 1 aliphatic carbocycles. The Morgan fingerprint density at radius 2 is 1.83 bits per heavy atom. The number of fused-ring (bicyclic) bond motifs is 3. The van der Waals surface area contributed by atoms with Gasteiger partial charge >= 0.3 is 0 Å². The Labute approximate surface area is 107 Å². The second-order valence-electron chi connectivity index (χ2n) is 5.91. The second kappa shape index (κ2) is 3.55. The number of hydrogen-bond acceptors (Lipinski definition) is 3. The van der Waals surface area contributed by atoms with Crippen LogP contribution >= 0.6 is 0 Å². The molecule has 92 valence electrons. The van der Waals surface area contributed by atoms with E-state index in [0.29, 0.717) is 5.82 Å². The number of anilines is 1. The first kappa shape index (κ1) is 11.2. The summed E-state index contributed by atoms with van der Waals surface area (Å²) < 4.78 is 0. The summed E-state index contributed by atoms with van der Waals surface area (Å²) in [6.07, 6.45) is 1.55. The van der Waals surface area contributed by atoms with Crippen LogP contribution in [0.2, 0.25) is 0 Å². The average Bonchev–Trinajstić information content (AvgIpc) is 2.65. The minimum absolute atomic E-state index is 0.0974. The van der Waals surface area contributed by atoms with E-state index in [1.54, 1.807) is 6.33 Å². The summed E-state index contributed by atoms with van der Waals surface area (Å²) in [6, 6.07) is 8.41. The smallest absolute Gasteiger partial charge is 0.131 e. The van der Waals surface area contributed by atoms with Crippen LogP contribution in [-0.2, 0) is 0 Å². The van der Waals surface area contributed by atoms with Crippen molar-refractivity contribution >= 4 is 5.82 Å². The van der Waals surface area contributed by atoms with Gasteiger partial charge in [-0.15, -0.1) is 0 Å². The fraction of sp³-hybridized carbons (Fsp3) is 0.333. The minimum Gasteiger partial charge on any atom is -0.383 e. The van der Waals surface area contributed by atoms with Crippen molar-refractivity contribution in [2.24, 2.45) is 5.41 Å². The number of aromatic nitrogens is 2. The first-order valence-electron chi connectivity index (χ1n) is 6.20. The van der Waals surface area contributed by atoms with Gasteiger partial charge in [-0.25, -0.2) is 9.97 Å². The number of benzene rings is 1. The van der Waals surface area contributed by atoms with Gasteiger partial charge in [-0.2, -0.15) is 0 Å². The molecule has 3 rings (SSSR count). The normalized spacial score (nSPS) is 17.4. The Kier molecular flexibility index (Phi) is 2.21. The van der Waals surface area contributed by atoms with E-state index in [0.717, 1.165) is 11.3 Å². The van der Waals surface area contributed by atoms with Crippen molar-refractivity contribution in [2.75, 3.05) is 5.73 Å². The molecule has 0 amide bonds. The van der Waals surface area contributed by atoms with Crippen LogP contribution in [0.15, 0.2) is 30.6 Å². The molecule has 0 bridgehead atoms. The summed E-state index contributed by atoms with van der Waals surface area (Å²) in [5.74, 6) is 0.876. The molecule has 3 nitrogen and oxygen atoms in total. The van der Waals surface area contributed by atoms with Gasteiger partial charge < -0.3 is 5.73 Å². The maximum atomic E-state index is 6.09. The third-order valence-corrected chi connectivity index (χ3v) is 3.60. The Bertz CT molecular complexity index is 611. The monoisotopic (exact) mass is 239 g/mol. The van der Waals surface area contributed by atoms with Crippen LogP contribution in [-0.4, -0.2) is 9.97 Å². The molecule has 1 aromatic carbocycles. The van der Waals surface area contributed by atoms with Crippen LogP contribution < -0.4 is 5.73 Å². The van der Waals surface area contributed by atoms with Gasteiger partial charge in [0.05, 0.1) is 5.69 Å². The highest BCUT2D eigenvalue weighted by atomic mass is 14.9. The van der Waals surface area contributed by atoms with Gasteiger partial charge in [0, 0.05) is 17.0 Å². The zero-order valence-corrected chi connectivity index (χ0v) is 10.9. The van der Waals surface area contributed by atoms with Gasteiger partial charge in [-0.05, 0) is 11.0 Å². The molecular formula is C15H17N3. The minimum atomic E-state index is 0.0974. The maximum absolute atomic E-state index is 6.09. The molecule has 0 fully saturated rings. The van der Waals surface area contributed by atoms with Gasteiger partial charge in [-0.1, -0.05) is 45.0 Å². The molecule has 1 heterocycles. The number of nitrogens with zero attached hydrogens (tertiary/aromatic N) is 2. The molecule has 0 saturated carbocycles. The maximum Gasteiger partial charge on any atom is 0.131 e. The van der Waals surface area contributed by atoms with Crippen molar-refractivity contribution in [3.63, 3.8) is 0 Å². The quantitative estimate of drug-likeness (QED) is 0.768. The highest BCUT2D eigenvalue weighted by Crippen LogP contribution is 2.52. The first-order valence-corrected chi connectivity index (χ1v) is 6.20. The number of rotatable bonds is 0. The lowest BCUT2D eigenvalue weighted by atomic mass is 9.75. The summed E-state index contributed by atoms with van der Waals surface area (Å²) in [7, 11) is 0. The molecule has 0 radical (unpaired) electrons. The van der Waals surface area contributed by atoms with Crippen molar-refractivity contribution < 1.29 is 0 Å². The molecule has 0 saturated heterocycles. The topological polar surface area (TPSA) is 51.8 Å². The highest BCUT2D eigenvalue weighted by molar-refractivity contribution is 5.79. The van der Waals surface area contributed by atoms with Crippen molar-refractivity contribution in [2.45, 2.75) is 26.7 Å². The van der Waals surface area contributed by atoms with Crippen molar-refractivity contribution in [1.82, 2.24) is 9.97 Å². The van der Waals surface area contributed by atoms with Gasteiger partial charge in [0.2, 0.25) is 0 Å². The van der Waals surface area contributed by atoms with Crippen LogP contribution in [0.5, 0.6) is 0 Å². The van der Waals surface area contributed by atoms with Crippen LogP contribution in [0.4, 0.5) is 5.82 Å². The fourth-order valence-corrected chi connectivity index (χ4v) is 2.93. The van der Waals surface area contributed by atoms with Crippen LogP contribution in [0, 0.1) is 5.41 Å². The molecule has 2 N–H and O–H groups in total. The Morgan fingerprint density at radius 3 is 2.56 bits per heavy atom. The number of hydrogen-bond donors (Lipinski definition) is 1. The summed E-state index contributed by atoms with van der Waals surface area (Å²) >= 11 is 0. The van der Waals surface area contributed by atoms with E-state index in [1.165, 1.54) is 11.1 Å². The third-order valence-electron chi connectivity index (χ3n) is 3.60. The summed E-state index contributed by atoms with van der Waals surface area (Å²) in [6.45, 7) is 6.70.